The number of benzene rings is 2. The maximum Gasteiger partial charge on any atom is 0.214 e. The second-order valence-electron chi connectivity index (χ2n) is 8.75. The van der Waals surface area contributed by atoms with E-state index in [9.17, 15) is 30.3 Å². The van der Waals surface area contributed by atoms with Crippen LogP contribution in [-0.2, 0) is 4.74 Å². The number of fused-ring (bicyclic) bond motifs is 1. The van der Waals surface area contributed by atoms with E-state index in [4.69, 9.17) is 23.7 Å². The van der Waals surface area contributed by atoms with Gasteiger partial charge in [-0.15, -0.1) is 0 Å². The van der Waals surface area contributed by atoms with Gasteiger partial charge >= 0.3 is 0 Å². The summed E-state index contributed by atoms with van der Waals surface area (Å²) < 4.78 is 28.4. The molecule has 40 heavy (non-hydrogen) atoms. The van der Waals surface area contributed by atoms with Gasteiger partial charge in [-0.05, 0) is 24.3 Å². The molecule has 1 aliphatic rings. The molecular weight excluding hydrogens is 528 g/mol. The van der Waals surface area contributed by atoms with Crippen LogP contribution in [0.2, 0.25) is 0 Å². The predicted octanol–water partition coefficient (Wildman–Crippen LogP) is -0.382. The first kappa shape index (κ1) is 29.1. The van der Waals surface area contributed by atoms with Gasteiger partial charge in [0.15, 0.2) is 17.7 Å². The molecular formula is C27H30N2O11. The Labute approximate surface area is 229 Å². The molecule has 13 nitrogen and oxygen atoms in total. The van der Waals surface area contributed by atoms with Gasteiger partial charge in [-0.1, -0.05) is 11.8 Å². The molecule has 0 spiro atoms. The van der Waals surface area contributed by atoms with Gasteiger partial charge in [-0.3, -0.25) is 4.79 Å². The fourth-order valence-electron chi connectivity index (χ4n) is 4.62. The highest BCUT2D eigenvalue weighted by molar-refractivity contribution is 6.16. The van der Waals surface area contributed by atoms with Gasteiger partial charge < -0.3 is 49.2 Å². The summed E-state index contributed by atoms with van der Waals surface area (Å²) in [6.45, 7) is -1.15. The monoisotopic (exact) mass is 558 g/mol. The summed E-state index contributed by atoms with van der Waals surface area (Å²) in [6, 6.07) is 6.04. The number of ketones is 1. The number of methoxy groups -OCH3 is 4. The van der Waals surface area contributed by atoms with E-state index in [-0.39, 0.29) is 50.7 Å². The summed E-state index contributed by atoms with van der Waals surface area (Å²) in [5.74, 6) is 5.78. The predicted molar refractivity (Wildman–Crippen MR) is 139 cm³/mol. The van der Waals surface area contributed by atoms with Crippen molar-refractivity contribution in [1.82, 2.24) is 9.78 Å². The summed E-state index contributed by atoms with van der Waals surface area (Å²) >= 11 is 0. The number of hydrogen-bond donors (Lipinski definition) is 5. The molecule has 3 aromatic rings. The molecule has 214 valence electrons. The van der Waals surface area contributed by atoms with Crippen LogP contribution in [0.25, 0.3) is 10.9 Å². The lowest BCUT2D eigenvalue weighted by Gasteiger charge is -2.40. The molecule has 2 heterocycles. The molecule has 0 saturated carbocycles. The smallest absolute Gasteiger partial charge is 0.214 e. The molecule has 5 N–H and O–H groups in total. The van der Waals surface area contributed by atoms with Gasteiger partial charge in [0.05, 0.1) is 46.1 Å². The molecule has 4 rings (SSSR count). The maximum atomic E-state index is 13.9. The number of ether oxygens (including phenoxy) is 5. The van der Waals surface area contributed by atoms with Crippen LogP contribution in [0.3, 0.4) is 0 Å². The van der Waals surface area contributed by atoms with Crippen LogP contribution < -0.4 is 18.9 Å². The Morgan fingerprint density at radius 3 is 2.15 bits per heavy atom. The van der Waals surface area contributed by atoms with Crippen molar-refractivity contribution in [3.63, 3.8) is 0 Å². The third-order valence-corrected chi connectivity index (χ3v) is 6.59. The summed E-state index contributed by atoms with van der Waals surface area (Å²) in [5.41, 5.74) is 0.437. The molecule has 0 bridgehead atoms. The highest BCUT2D eigenvalue weighted by Crippen LogP contribution is 2.40. The Kier molecular flexibility index (Phi) is 8.79. The third kappa shape index (κ3) is 4.92. The maximum absolute atomic E-state index is 13.9. The van der Waals surface area contributed by atoms with Gasteiger partial charge in [-0.25, -0.2) is 4.68 Å². The van der Waals surface area contributed by atoms with Crippen molar-refractivity contribution in [2.24, 2.45) is 0 Å². The lowest BCUT2D eigenvalue weighted by atomic mass is 9.98. The molecule has 1 fully saturated rings. The number of rotatable bonds is 8. The van der Waals surface area contributed by atoms with Crippen molar-refractivity contribution in [1.29, 1.82) is 0 Å². The number of aromatic nitrogens is 2. The molecule has 0 aliphatic carbocycles. The first-order valence-electron chi connectivity index (χ1n) is 12.1. The Hall–Kier alpha value is -3.90. The summed E-state index contributed by atoms with van der Waals surface area (Å²) in [6.07, 6.45) is -7.73. The zero-order valence-corrected chi connectivity index (χ0v) is 22.2. The molecule has 2 unspecified atom stereocenters. The zero-order valence-electron chi connectivity index (χ0n) is 22.2. The SMILES string of the molecule is COc1cc(C(=O)c2nn([C@@H]3OC(CO)[C@@H](O)C(O)[C@@H]3O)c3c(C#CCO)c(OC)ccc23)cc(OC)c1OC. The summed E-state index contributed by atoms with van der Waals surface area (Å²) in [7, 11) is 5.65. The average molecular weight is 559 g/mol. The van der Waals surface area contributed by atoms with Crippen molar-refractivity contribution in [2.45, 2.75) is 30.6 Å². The van der Waals surface area contributed by atoms with Crippen LogP contribution in [-0.4, -0.2) is 107 Å². The summed E-state index contributed by atoms with van der Waals surface area (Å²) in [5, 5.41) is 55.4. The second-order valence-corrected chi connectivity index (χ2v) is 8.75. The topological polar surface area (TPSA) is 182 Å². The van der Waals surface area contributed by atoms with Crippen molar-refractivity contribution >= 4 is 16.7 Å². The van der Waals surface area contributed by atoms with Crippen LogP contribution in [0.4, 0.5) is 0 Å². The summed E-state index contributed by atoms with van der Waals surface area (Å²) in [4.78, 5) is 13.9. The van der Waals surface area contributed by atoms with Crippen molar-refractivity contribution < 1.29 is 54.0 Å². The number of carbonyl (C=O) groups excluding carboxylic acids is 1. The van der Waals surface area contributed by atoms with E-state index in [1.807, 2.05) is 0 Å². The van der Waals surface area contributed by atoms with E-state index in [1.54, 1.807) is 12.1 Å². The van der Waals surface area contributed by atoms with E-state index in [0.29, 0.717) is 0 Å². The van der Waals surface area contributed by atoms with Gasteiger partial charge in [-0.2, -0.15) is 5.10 Å². The fraction of sp³-hybridized carbons (Fsp3) is 0.407. The number of aliphatic hydroxyl groups is 5. The number of carbonyl (C=O) groups is 1. The minimum absolute atomic E-state index is 0.0871. The van der Waals surface area contributed by atoms with E-state index in [0.717, 1.165) is 4.68 Å². The first-order valence-corrected chi connectivity index (χ1v) is 12.1. The standard InChI is InChI=1S/C27H30N2O11/c1-36-16-8-7-15-20(22(32)13-10-17(37-2)26(39-4)18(11-13)38-3)28-29(21(15)14(16)6-5-9-30)27-25(35)24(34)23(33)19(12-31)40-27/h7-8,10-11,19,23-25,27,30-31,33-35H,9,12H2,1-4H3/t19?,23-,24?,25+,27-/m1/s1. The fourth-order valence-corrected chi connectivity index (χ4v) is 4.62. The van der Waals surface area contributed by atoms with Crippen molar-refractivity contribution in [3.05, 3.63) is 41.1 Å². The zero-order chi connectivity index (χ0) is 29.1. The minimum atomic E-state index is -1.71. The van der Waals surface area contributed by atoms with Crippen molar-refractivity contribution in [3.8, 4) is 34.8 Å². The third-order valence-electron chi connectivity index (χ3n) is 6.59. The van der Waals surface area contributed by atoms with Crippen LogP contribution in [0, 0.1) is 11.8 Å². The number of hydrogen-bond acceptors (Lipinski definition) is 12. The molecule has 13 heteroatoms. The van der Waals surface area contributed by atoms with E-state index in [1.165, 1.54) is 40.6 Å². The number of nitrogens with zero attached hydrogens (tertiary/aromatic N) is 2. The Bertz CT molecular complexity index is 1430. The van der Waals surface area contributed by atoms with Gasteiger partial charge in [0.1, 0.15) is 42.5 Å². The van der Waals surface area contributed by atoms with Crippen LogP contribution in [0.1, 0.15) is 27.8 Å². The molecule has 1 aromatic heterocycles. The molecule has 1 saturated heterocycles. The van der Waals surface area contributed by atoms with Crippen molar-refractivity contribution in [2.75, 3.05) is 41.7 Å². The van der Waals surface area contributed by atoms with Crippen LogP contribution >= 0.6 is 0 Å². The molecule has 5 atom stereocenters. The molecule has 0 radical (unpaired) electrons. The van der Waals surface area contributed by atoms with E-state index < -0.39 is 49.6 Å². The number of aliphatic hydroxyl groups excluding tert-OH is 5. The van der Waals surface area contributed by atoms with Gasteiger partial charge in [0.2, 0.25) is 11.5 Å². The quantitative estimate of drug-likeness (QED) is 0.179. The Balaban J connectivity index is 2.00. The molecule has 0 amide bonds. The van der Waals surface area contributed by atoms with Crippen LogP contribution in [0.5, 0.6) is 23.0 Å². The second kappa shape index (κ2) is 12.1. The normalized spacial score (nSPS) is 22.4. The van der Waals surface area contributed by atoms with Gasteiger partial charge in [0, 0.05) is 10.9 Å². The highest BCUT2D eigenvalue weighted by Gasteiger charge is 2.45. The first-order chi connectivity index (χ1) is 19.3. The Morgan fingerprint density at radius 1 is 0.950 bits per heavy atom. The average Bonchev–Trinajstić information content (AvgIpc) is 3.37. The van der Waals surface area contributed by atoms with E-state index in [2.05, 4.69) is 16.9 Å². The molecule has 1 aliphatic heterocycles. The van der Waals surface area contributed by atoms with E-state index >= 15 is 0 Å². The van der Waals surface area contributed by atoms with Gasteiger partial charge in [0.25, 0.3) is 0 Å². The largest absolute Gasteiger partial charge is 0.495 e. The highest BCUT2D eigenvalue weighted by atomic mass is 16.6. The Morgan fingerprint density at radius 2 is 1.60 bits per heavy atom. The lowest BCUT2D eigenvalue weighted by Crippen LogP contribution is -2.56. The minimum Gasteiger partial charge on any atom is -0.495 e. The molecule has 2 aromatic carbocycles. The lowest BCUT2D eigenvalue weighted by molar-refractivity contribution is -0.252. The van der Waals surface area contributed by atoms with Crippen LogP contribution in [0.15, 0.2) is 24.3 Å².